The molecule has 0 fully saturated rings. The first-order chi connectivity index (χ1) is 12.2. The third-order valence-corrected chi connectivity index (χ3v) is 4.43. The molecule has 1 heterocycles. The topological polar surface area (TPSA) is 48.7 Å². The molecule has 130 valence electrons. The van der Waals surface area contributed by atoms with Crippen molar-refractivity contribution in [1.29, 1.82) is 0 Å². The molecular weight excluding hydrogens is 384 g/mol. The van der Waals surface area contributed by atoms with Crippen molar-refractivity contribution in [1.82, 2.24) is 0 Å². The second-order valence-corrected chi connectivity index (χ2v) is 6.36. The Morgan fingerprint density at radius 3 is 2.60 bits per heavy atom. The molecule has 0 amide bonds. The molecule has 0 aliphatic heterocycles. The SMILES string of the molecule is COc1ccc2oc(-c3ccccc3)c(OCCCCBr)c(=O)c2c1. The lowest BCUT2D eigenvalue weighted by atomic mass is 10.1. The van der Waals surface area contributed by atoms with Crippen LogP contribution >= 0.6 is 15.9 Å². The first-order valence-electron chi connectivity index (χ1n) is 8.13. The molecule has 3 rings (SSSR count). The highest BCUT2D eigenvalue weighted by molar-refractivity contribution is 9.09. The Bertz CT molecular complexity index is 903. The highest BCUT2D eigenvalue weighted by Gasteiger charge is 2.18. The molecule has 0 radical (unpaired) electrons. The minimum Gasteiger partial charge on any atom is -0.497 e. The fraction of sp³-hybridized carbons (Fsp3) is 0.250. The van der Waals surface area contributed by atoms with E-state index in [-0.39, 0.29) is 11.2 Å². The maximum Gasteiger partial charge on any atom is 0.235 e. The third-order valence-electron chi connectivity index (χ3n) is 3.87. The van der Waals surface area contributed by atoms with Gasteiger partial charge in [0.1, 0.15) is 11.3 Å². The zero-order chi connectivity index (χ0) is 17.6. The van der Waals surface area contributed by atoms with Crippen LogP contribution in [0.15, 0.2) is 57.7 Å². The highest BCUT2D eigenvalue weighted by Crippen LogP contribution is 2.32. The minimum absolute atomic E-state index is 0.183. The van der Waals surface area contributed by atoms with Crippen LogP contribution in [0, 0.1) is 0 Å². The maximum atomic E-state index is 13.0. The predicted molar refractivity (Wildman–Crippen MR) is 103 cm³/mol. The molecule has 5 heteroatoms. The summed E-state index contributed by atoms with van der Waals surface area (Å²) in [6.07, 6.45) is 1.84. The van der Waals surface area contributed by atoms with Gasteiger partial charge in [-0.15, -0.1) is 0 Å². The molecule has 2 aromatic carbocycles. The van der Waals surface area contributed by atoms with Gasteiger partial charge in [0.25, 0.3) is 0 Å². The van der Waals surface area contributed by atoms with Crippen molar-refractivity contribution in [2.75, 3.05) is 19.0 Å². The number of hydrogen-bond acceptors (Lipinski definition) is 4. The van der Waals surface area contributed by atoms with Gasteiger partial charge in [-0.3, -0.25) is 4.79 Å². The van der Waals surface area contributed by atoms with Crippen molar-refractivity contribution >= 4 is 26.9 Å². The van der Waals surface area contributed by atoms with Gasteiger partial charge in [-0.05, 0) is 31.0 Å². The summed E-state index contributed by atoms with van der Waals surface area (Å²) < 4.78 is 17.1. The monoisotopic (exact) mass is 402 g/mol. The first kappa shape index (κ1) is 17.5. The van der Waals surface area contributed by atoms with Crippen LogP contribution in [0.5, 0.6) is 11.5 Å². The van der Waals surface area contributed by atoms with Crippen LogP contribution in [-0.4, -0.2) is 19.0 Å². The Morgan fingerprint density at radius 1 is 1.08 bits per heavy atom. The third kappa shape index (κ3) is 3.87. The van der Waals surface area contributed by atoms with E-state index < -0.39 is 0 Å². The fourth-order valence-corrected chi connectivity index (χ4v) is 2.96. The molecule has 3 aromatic rings. The van der Waals surface area contributed by atoms with Gasteiger partial charge >= 0.3 is 0 Å². The smallest absolute Gasteiger partial charge is 0.235 e. The molecule has 0 aliphatic rings. The zero-order valence-corrected chi connectivity index (χ0v) is 15.5. The Balaban J connectivity index is 2.13. The van der Waals surface area contributed by atoms with E-state index in [1.165, 1.54) is 0 Å². The molecule has 0 saturated heterocycles. The van der Waals surface area contributed by atoms with Crippen molar-refractivity contribution in [3.8, 4) is 22.8 Å². The molecule has 0 N–H and O–H groups in total. The number of alkyl halides is 1. The van der Waals surface area contributed by atoms with Gasteiger partial charge in [-0.1, -0.05) is 46.3 Å². The van der Waals surface area contributed by atoms with Gasteiger partial charge in [0.2, 0.25) is 11.2 Å². The highest BCUT2D eigenvalue weighted by atomic mass is 79.9. The second-order valence-electron chi connectivity index (χ2n) is 5.56. The normalized spacial score (nSPS) is 10.8. The summed E-state index contributed by atoms with van der Waals surface area (Å²) in [6, 6.07) is 14.7. The van der Waals surface area contributed by atoms with Crippen LogP contribution in [0.2, 0.25) is 0 Å². The van der Waals surface area contributed by atoms with Crippen LogP contribution in [0.4, 0.5) is 0 Å². The average molecular weight is 403 g/mol. The largest absolute Gasteiger partial charge is 0.497 e. The van der Waals surface area contributed by atoms with Crippen LogP contribution in [0.3, 0.4) is 0 Å². The molecule has 0 atom stereocenters. The summed E-state index contributed by atoms with van der Waals surface area (Å²) in [5.74, 6) is 1.32. The number of hydrogen-bond donors (Lipinski definition) is 0. The Hall–Kier alpha value is -2.27. The minimum atomic E-state index is -0.183. The molecule has 0 saturated carbocycles. The number of fused-ring (bicyclic) bond motifs is 1. The van der Waals surface area contributed by atoms with Gasteiger partial charge < -0.3 is 13.9 Å². The van der Waals surface area contributed by atoms with Gasteiger partial charge in [0, 0.05) is 10.9 Å². The summed E-state index contributed by atoms with van der Waals surface area (Å²) in [7, 11) is 1.57. The van der Waals surface area contributed by atoms with Gasteiger partial charge in [0.05, 0.1) is 19.1 Å². The molecule has 0 aliphatic carbocycles. The van der Waals surface area contributed by atoms with E-state index >= 15 is 0 Å². The fourth-order valence-electron chi connectivity index (χ4n) is 2.57. The molecule has 0 unspecified atom stereocenters. The summed E-state index contributed by atoms with van der Waals surface area (Å²) in [5.41, 5.74) is 1.14. The zero-order valence-electron chi connectivity index (χ0n) is 14.0. The Kier molecular flexibility index (Phi) is 5.76. The molecule has 0 spiro atoms. The maximum absolute atomic E-state index is 13.0. The lowest BCUT2D eigenvalue weighted by Gasteiger charge is -2.12. The molecule has 25 heavy (non-hydrogen) atoms. The molecule has 1 aromatic heterocycles. The first-order valence-corrected chi connectivity index (χ1v) is 9.25. The summed E-state index contributed by atoms with van der Waals surface area (Å²) in [5, 5.41) is 1.36. The van der Waals surface area contributed by atoms with Crippen molar-refractivity contribution in [2.45, 2.75) is 12.8 Å². The van der Waals surface area contributed by atoms with E-state index in [0.29, 0.717) is 29.1 Å². The molecule has 4 nitrogen and oxygen atoms in total. The van der Waals surface area contributed by atoms with Gasteiger partial charge in [-0.2, -0.15) is 0 Å². The summed E-state index contributed by atoms with van der Waals surface area (Å²) in [6.45, 7) is 0.464. The van der Waals surface area contributed by atoms with Crippen molar-refractivity contribution in [3.63, 3.8) is 0 Å². The van der Waals surface area contributed by atoms with Crippen LogP contribution in [0.1, 0.15) is 12.8 Å². The van der Waals surface area contributed by atoms with Crippen molar-refractivity contribution in [3.05, 3.63) is 58.8 Å². The van der Waals surface area contributed by atoms with Crippen LogP contribution in [-0.2, 0) is 0 Å². The van der Waals surface area contributed by atoms with E-state index in [4.69, 9.17) is 13.9 Å². The molecular formula is C20H19BrO4. The van der Waals surface area contributed by atoms with Crippen LogP contribution < -0.4 is 14.9 Å². The number of ether oxygens (including phenoxy) is 2. The number of unbranched alkanes of at least 4 members (excludes halogenated alkanes) is 1. The summed E-state index contributed by atoms with van der Waals surface area (Å²) in [4.78, 5) is 13.0. The van der Waals surface area contributed by atoms with E-state index in [1.807, 2.05) is 30.3 Å². The summed E-state index contributed by atoms with van der Waals surface area (Å²) >= 11 is 3.40. The van der Waals surface area contributed by atoms with E-state index in [2.05, 4.69) is 15.9 Å². The Morgan fingerprint density at radius 2 is 1.88 bits per heavy atom. The van der Waals surface area contributed by atoms with Crippen molar-refractivity contribution < 1.29 is 13.9 Å². The predicted octanol–water partition coefficient (Wildman–Crippen LogP) is 5.02. The lowest BCUT2D eigenvalue weighted by Crippen LogP contribution is -2.11. The quantitative estimate of drug-likeness (QED) is 0.411. The van der Waals surface area contributed by atoms with E-state index in [0.717, 1.165) is 23.7 Å². The standard InChI is InChI=1S/C20H19BrO4/c1-23-15-9-10-17-16(13-15)18(22)20(24-12-6-5-11-21)19(25-17)14-7-3-2-4-8-14/h2-4,7-10,13H,5-6,11-12H2,1H3. The number of methoxy groups -OCH3 is 1. The number of rotatable bonds is 7. The van der Waals surface area contributed by atoms with Crippen LogP contribution in [0.25, 0.3) is 22.3 Å². The molecule has 0 bridgehead atoms. The van der Waals surface area contributed by atoms with Gasteiger partial charge in [0.15, 0.2) is 5.76 Å². The van der Waals surface area contributed by atoms with Gasteiger partial charge in [-0.25, -0.2) is 0 Å². The van der Waals surface area contributed by atoms with E-state index in [9.17, 15) is 4.79 Å². The Labute approximate surface area is 154 Å². The number of benzene rings is 2. The van der Waals surface area contributed by atoms with E-state index in [1.54, 1.807) is 25.3 Å². The van der Waals surface area contributed by atoms with Crippen molar-refractivity contribution in [2.24, 2.45) is 0 Å². The lowest BCUT2D eigenvalue weighted by molar-refractivity contribution is 0.302. The number of halogens is 1. The second kappa shape index (κ2) is 8.21. The average Bonchev–Trinajstić information content (AvgIpc) is 2.67.